The molecule has 3 aromatic rings. The smallest absolute Gasteiger partial charge is 0.192 e. The summed E-state index contributed by atoms with van der Waals surface area (Å²) in [6.07, 6.45) is 1.56. The number of hydrogen-bond donors (Lipinski definition) is 0. The summed E-state index contributed by atoms with van der Waals surface area (Å²) < 4.78 is 14.0. The Hall–Kier alpha value is -2.73. The molecule has 0 saturated heterocycles. The van der Waals surface area contributed by atoms with Gasteiger partial charge in [-0.1, -0.05) is 59.8 Å². The van der Waals surface area contributed by atoms with Crippen LogP contribution in [-0.2, 0) is 12.3 Å². The van der Waals surface area contributed by atoms with Crippen LogP contribution in [0.3, 0.4) is 0 Å². The first-order chi connectivity index (χ1) is 13.2. The molecule has 138 valence electrons. The van der Waals surface area contributed by atoms with Crippen LogP contribution in [0.4, 0.5) is 0 Å². The highest BCUT2D eigenvalue weighted by atomic mass is 32.2. The number of ether oxygens (including phenoxy) is 2. The van der Waals surface area contributed by atoms with Gasteiger partial charge in [0, 0.05) is 12.3 Å². The van der Waals surface area contributed by atoms with Crippen LogP contribution in [0, 0.1) is 6.92 Å². The number of para-hydroxylation sites is 2. The number of aromatic nitrogens is 3. The molecule has 2 aromatic carbocycles. The molecule has 0 saturated carbocycles. The number of benzene rings is 2. The average Bonchev–Trinajstić information content (AvgIpc) is 3.10. The molecule has 0 radical (unpaired) electrons. The molecule has 1 unspecified atom stereocenters. The van der Waals surface area contributed by atoms with Crippen LogP contribution in [-0.4, -0.2) is 21.4 Å². The summed E-state index contributed by atoms with van der Waals surface area (Å²) in [5.74, 6) is 3.09. The lowest BCUT2D eigenvalue weighted by atomic mass is 10.2. The molecule has 2 heterocycles. The second kappa shape index (κ2) is 7.88. The molecule has 6 heteroatoms. The molecular weight excluding hydrogens is 358 g/mol. The van der Waals surface area contributed by atoms with Gasteiger partial charge < -0.3 is 9.47 Å². The number of hydrogen-bond acceptors (Lipinski definition) is 5. The highest BCUT2D eigenvalue weighted by Gasteiger charge is 2.28. The van der Waals surface area contributed by atoms with Crippen LogP contribution in [0.25, 0.3) is 0 Å². The van der Waals surface area contributed by atoms with Crippen molar-refractivity contribution >= 4 is 11.8 Å². The van der Waals surface area contributed by atoms with E-state index in [1.54, 1.807) is 11.8 Å². The van der Waals surface area contributed by atoms with E-state index in [1.165, 1.54) is 11.1 Å². The lowest BCUT2D eigenvalue weighted by molar-refractivity contribution is 0.0821. The first-order valence-corrected chi connectivity index (χ1v) is 9.84. The van der Waals surface area contributed by atoms with E-state index in [2.05, 4.69) is 48.0 Å². The van der Waals surface area contributed by atoms with Gasteiger partial charge in [0.15, 0.2) is 28.6 Å². The highest BCUT2D eigenvalue weighted by Crippen LogP contribution is 2.36. The minimum absolute atomic E-state index is 0.291. The summed E-state index contributed by atoms with van der Waals surface area (Å²) in [6.45, 7) is 7.00. The Balaban J connectivity index is 1.54. The first kappa shape index (κ1) is 17.7. The van der Waals surface area contributed by atoms with Crippen LogP contribution >= 0.6 is 11.8 Å². The fourth-order valence-electron chi connectivity index (χ4n) is 2.92. The van der Waals surface area contributed by atoms with Crippen LogP contribution in [0.15, 0.2) is 66.3 Å². The van der Waals surface area contributed by atoms with E-state index in [1.807, 2.05) is 34.9 Å². The van der Waals surface area contributed by atoms with Crippen LogP contribution in [0.1, 0.15) is 23.1 Å². The summed E-state index contributed by atoms with van der Waals surface area (Å²) in [6, 6.07) is 16.2. The van der Waals surface area contributed by atoms with Crippen LogP contribution in [0.5, 0.6) is 11.5 Å². The van der Waals surface area contributed by atoms with Crippen LogP contribution in [0.2, 0.25) is 0 Å². The molecule has 1 aromatic heterocycles. The van der Waals surface area contributed by atoms with Crippen molar-refractivity contribution in [2.24, 2.45) is 0 Å². The lowest BCUT2D eigenvalue weighted by Gasteiger charge is -2.26. The lowest BCUT2D eigenvalue weighted by Crippen LogP contribution is -2.25. The third-order valence-electron chi connectivity index (χ3n) is 4.34. The SMILES string of the molecule is C=CCn1c(SCc2ccc(C)cc2)nnc1C1COc2ccccc2O1. The topological polar surface area (TPSA) is 49.2 Å². The quantitative estimate of drug-likeness (QED) is 0.464. The number of aryl methyl sites for hydroxylation is 1. The van der Waals surface area contributed by atoms with E-state index in [9.17, 15) is 0 Å². The first-order valence-electron chi connectivity index (χ1n) is 8.85. The van der Waals surface area contributed by atoms with Crippen LogP contribution < -0.4 is 9.47 Å². The summed E-state index contributed by atoms with van der Waals surface area (Å²) in [5, 5.41) is 9.64. The molecule has 27 heavy (non-hydrogen) atoms. The Morgan fingerprint density at radius 2 is 1.93 bits per heavy atom. The summed E-state index contributed by atoms with van der Waals surface area (Å²) in [5.41, 5.74) is 2.52. The molecule has 0 amide bonds. The zero-order chi connectivity index (χ0) is 18.6. The summed E-state index contributed by atoms with van der Waals surface area (Å²) in [4.78, 5) is 0. The van der Waals surface area contributed by atoms with Gasteiger partial charge in [0.1, 0.15) is 6.61 Å². The third-order valence-corrected chi connectivity index (χ3v) is 5.38. The van der Waals surface area contributed by atoms with Crippen molar-refractivity contribution in [3.8, 4) is 11.5 Å². The maximum Gasteiger partial charge on any atom is 0.192 e. The second-order valence-corrected chi connectivity index (χ2v) is 7.32. The predicted molar refractivity (Wildman–Crippen MR) is 106 cm³/mol. The van der Waals surface area contributed by atoms with Crippen molar-refractivity contribution < 1.29 is 9.47 Å². The minimum atomic E-state index is -0.291. The van der Waals surface area contributed by atoms with Crippen molar-refractivity contribution in [2.45, 2.75) is 30.5 Å². The van der Waals surface area contributed by atoms with E-state index >= 15 is 0 Å². The van der Waals surface area contributed by atoms with Crippen molar-refractivity contribution in [2.75, 3.05) is 6.61 Å². The molecule has 0 spiro atoms. The molecule has 1 aliphatic rings. The Morgan fingerprint density at radius 1 is 1.15 bits per heavy atom. The fraction of sp³-hybridized carbons (Fsp3) is 0.238. The standard InChI is InChI=1S/C21H21N3O2S/c1-3-12-24-20(19-13-25-17-6-4-5-7-18(17)26-19)22-23-21(24)27-14-16-10-8-15(2)9-11-16/h3-11,19H,1,12-14H2,2H3. The minimum Gasteiger partial charge on any atom is -0.485 e. The highest BCUT2D eigenvalue weighted by molar-refractivity contribution is 7.98. The Labute approximate surface area is 163 Å². The van der Waals surface area contributed by atoms with Gasteiger partial charge in [-0.2, -0.15) is 0 Å². The van der Waals surface area contributed by atoms with Crippen molar-refractivity contribution in [1.82, 2.24) is 14.8 Å². The maximum atomic E-state index is 6.10. The Kier molecular flexibility index (Phi) is 5.16. The van der Waals surface area contributed by atoms with Gasteiger partial charge in [0.05, 0.1) is 0 Å². The number of rotatable bonds is 6. The molecule has 1 aliphatic heterocycles. The van der Waals surface area contributed by atoms with E-state index in [0.717, 1.165) is 28.2 Å². The zero-order valence-electron chi connectivity index (χ0n) is 15.2. The molecule has 0 aliphatic carbocycles. The van der Waals surface area contributed by atoms with Gasteiger partial charge >= 0.3 is 0 Å². The van der Waals surface area contributed by atoms with Gasteiger partial charge in [-0.25, -0.2) is 0 Å². The van der Waals surface area contributed by atoms with Crippen molar-refractivity contribution in [3.05, 3.63) is 78.1 Å². The van der Waals surface area contributed by atoms with E-state index in [0.29, 0.717) is 13.2 Å². The Bertz CT molecular complexity index is 937. The molecule has 0 fully saturated rings. The third kappa shape index (κ3) is 3.85. The molecule has 1 atom stereocenters. The fourth-order valence-corrected chi connectivity index (χ4v) is 3.84. The normalized spacial score (nSPS) is 15.5. The monoisotopic (exact) mass is 379 g/mol. The Morgan fingerprint density at radius 3 is 2.70 bits per heavy atom. The molecule has 4 rings (SSSR count). The second-order valence-electron chi connectivity index (χ2n) is 6.38. The largest absolute Gasteiger partial charge is 0.485 e. The zero-order valence-corrected chi connectivity index (χ0v) is 16.0. The predicted octanol–water partition coefficient (Wildman–Crippen LogP) is 4.58. The summed E-state index contributed by atoms with van der Waals surface area (Å²) in [7, 11) is 0. The number of thioether (sulfide) groups is 1. The van der Waals surface area contributed by atoms with Crippen molar-refractivity contribution in [3.63, 3.8) is 0 Å². The number of fused-ring (bicyclic) bond motifs is 1. The van der Waals surface area contributed by atoms with E-state index < -0.39 is 0 Å². The van der Waals surface area contributed by atoms with Gasteiger partial charge in [-0.05, 0) is 24.6 Å². The molecule has 0 N–H and O–H groups in total. The van der Waals surface area contributed by atoms with Gasteiger partial charge in [-0.15, -0.1) is 16.8 Å². The molecular formula is C21H21N3O2S. The van der Waals surface area contributed by atoms with Gasteiger partial charge in [-0.3, -0.25) is 4.57 Å². The number of allylic oxidation sites excluding steroid dienone is 1. The van der Waals surface area contributed by atoms with Gasteiger partial charge in [0.25, 0.3) is 0 Å². The maximum absolute atomic E-state index is 6.10. The van der Waals surface area contributed by atoms with Gasteiger partial charge in [0.2, 0.25) is 0 Å². The number of nitrogens with zero attached hydrogens (tertiary/aromatic N) is 3. The van der Waals surface area contributed by atoms with E-state index in [4.69, 9.17) is 9.47 Å². The molecule has 0 bridgehead atoms. The van der Waals surface area contributed by atoms with E-state index in [-0.39, 0.29) is 6.10 Å². The molecule has 5 nitrogen and oxygen atoms in total. The van der Waals surface area contributed by atoms with Crippen molar-refractivity contribution in [1.29, 1.82) is 0 Å². The summed E-state index contributed by atoms with van der Waals surface area (Å²) >= 11 is 1.66. The average molecular weight is 379 g/mol.